The average Bonchev–Trinajstić information content (AvgIpc) is 3.40. The molecule has 0 saturated carbocycles. The number of imidazole rings is 1. The molecule has 0 radical (unpaired) electrons. The van der Waals surface area contributed by atoms with Gasteiger partial charge < -0.3 is 24.6 Å². The molecule has 13 heteroatoms. The molecule has 1 aromatic carbocycles. The van der Waals surface area contributed by atoms with Gasteiger partial charge in [0.25, 0.3) is 6.43 Å². The number of nitrogens with zero attached hydrogens (tertiary/aromatic N) is 7. The van der Waals surface area contributed by atoms with Gasteiger partial charge in [-0.3, -0.25) is 14.3 Å². The molecule has 0 unspecified atom stereocenters. The number of carbonyl (C=O) groups excluding carboxylic acids is 1. The first kappa shape index (κ1) is 29.1. The van der Waals surface area contributed by atoms with Crippen molar-refractivity contribution in [3.8, 4) is 5.82 Å². The number of hydrogen-bond donors (Lipinski definition) is 1. The number of carbonyl (C=O) groups is 1. The quantitative estimate of drug-likeness (QED) is 0.348. The van der Waals surface area contributed by atoms with Crippen molar-refractivity contribution in [2.45, 2.75) is 32.2 Å². The third kappa shape index (κ3) is 6.91. The molecule has 5 rings (SSSR count). The van der Waals surface area contributed by atoms with Crippen molar-refractivity contribution in [1.29, 1.82) is 0 Å². The number of morpholine rings is 1. The fraction of sp³-hybridized carbons (Fsp3) is 0.571. The summed E-state index contributed by atoms with van der Waals surface area (Å²) in [6.07, 6.45) is -0.714. The maximum absolute atomic E-state index is 14.1. The van der Waals surface area contributed by atoms with Gasteiger partial charge in [-0.15, -0.1) is 0 Å². The number of amides is 1. The number of unbranched alkanes of at least 4 members (excludes halogenated alkanes) is 1. The molecule has 222 valence electrons. The number of hydrogen-bond acceptors (Lipinski definition) is 9. The van der Waals surface area contributed by atoms with Crippen LogP contribution in [-0.2, 0) is 14.3 Å². The van der Waals surface area contributed by atoms with Crippen molar-refractivity contribution in [1.82, 2.24) is 29.3 Å². The van der Waals surface area contributed by atoms with Gasteiger partial charge in [0, 0.05) is 59.1 Å². The summed E-state index contributed by atoms with van der Waals surface area (Å²) in [5, 5.41) is 3.16. The number of alkyl halides is 2. The summed E-state index contributed by atoms with van der Waals surface area (Å²) in [6.45, 7) is 8.75. The van der Waals surface area contributed by atoms with Crippen LogP contribution >= 0.6 is 0 Å². The lowest BCUT2D eigenvalue weighted by Crippen LogP contribution is -2.52. The number of rotatable bonds is 11. The first-order valence-corrected chi connectivity index (χ1v) is 14.2. The van der Waals surface area contributed by atoms with Gasteiger partial charge in [0.15, 0.2) is 5.82 Å². The number of benzene rings is 1. The van der Waals surface area contributed by atoms with Crippen LogP contribution in [0, 0.1) is 0 Å². The van der Waals surface area contributed by atoms with E-state index in [9.17, 15) is 13.6 Å². The van der Waals surface area contributed by atoms with Crippen molar-refractivity contribution < 1.29 is 23.0 Å². The molecule has 2 fully saturated rings. The molecule has 2 aliphatic heterocycles. The van der Waals surface area contributed by atoms with E-state index in [0.717, 1.165) is 39.1 Å². The smallest absolute Gasteiger partial charge is 0.296 e. The highest BCUT2D eigenvalue weighted by Crippen LogP contribution is 2.29. The largest absolute Gasteiger partial charge is 0.385 e. The molecular formula is C28H38F2N8O3. The molecule has 3 aromatic rings. The Balaban J connectivity index is 1.36. The second-order valence-corrected chi connectivity index (χ2v) is 10.3. The minimum absolute atomic E-state index is 0.0488. The first-order valence-electron chi connectivity index (χ1n) is 14.2. The highest BCUT2D eigenvalue weighted by atomic mass is 19.3. The van der Waals surface area contributed by atoms with Crippen molar-refractivity contribution >= 4 is 28.7 Å². The van der Waals surface area contributed by atoms with Gasteiger partial charge in [-0.05, 0) is 38.4 Å². The van der Waals surface area contributed by atoms with Crippen molar-refractivity contribution in [3.63, 3.8) is 0 Å². The van der Waals surface area contributed by atoms with Crippen LogP contribution in [0.3, 0.4) is 0 Å². The number of para-hydroxylation sites is 2. The molecular weight excluding hydrogens is 534 g/mol. The van der Waals surface area contributed by atoms with E-state index >= 15 is 0 Å². The predicted molar refractivity (Wildman–Crippen MR) is 152 cm³/mol. The number of anilines is 2. The van der Waals surface area contributed by atoms with E-state index < -0.39 is 18.3 Å². The fourth-order valence-corrected chi connectivity index (χ4v) is 5.29. The van der Waals surface area contributed by atoms with Gasteiger partial charge in [0.2, 0.25) is 11.9 Å². The summed E-state index contributed by atoms with van der Waals surface area (Å²) in [7, 11) is 1.71. The molecule has 1 atom stereocenters. The topological polar surface area (TPSA) is 101 Å². The molecule has 11 nitrogen and oxygen atoms in total. The molecule has 0 bridgehead atoms. The second-order valence-electron chi connectivity index (χ2n) is 10.3. The van der Waals surface area contributed by atoms with Gasteiger partial charge >= 0.3 is 0 Å². The number of halogens is 2. The lowest BCUT2D eigenvalue weighted by molar-refractivity contribution is -0.133. The van der Waals surface area contributed by atoms with Crippen LogP contribution in [-0.4, -0.2) is 114 Å². The van der Waals surface area contributed by atoms with E-state index in [1.54, 1.807) is 44.4 Å². The molecule has 1 amide bonds. The normalized spacial score (nSPS) is 17.4. The van der Waals surface area contributed by atoms with Crippen LogP contribution in [0.15, 0.2) is 30.3 Å². The minimum atomic E-state index is -2.81. The number of piperazine rings is 1. The zero-order valence-electron chi connectivity index (χ0n) is 23.6. The Kier molecular flexibility index (Phi) is 9.57. The lowest BCUT2D eigenvalue weighted by Gasteiger charge is -2.36. The van der Waals surface area contributed by atoms with E-state index in [1.807, 2.05) is 9.80 Å². The maximum Gasteiger partial charge on any atom is 0.296 e. The zero-order chi connectivity index (χ0) is 28.8. The molecule has 0 aliphatic carbocycles. The van der Waals surface area contributed by atoms with Crippen molar-refractivity contribution in [2.75, 3.05) is 83.0 Å². The Labute approximate surface area is 238 Å². The molecule has 41 heavy (non-hydrogen) atoms. The standard InChI is InChI=1S/C28H38F2N8O3/c1-20(27(39)37-12-10-35(11-13-37)9-5-6-16-40-2)31-28-33-23(36-14-17-41-18-15-36)19-24(34-28)38-22-8-4-3-7-21(22)32-26(38)25(29)30/h3-4,7-8,19-20,25H,5-6,9-18H2,1-2H3,(H,31,33,34)/t20-/m0/s1. The molecule has 1 N–H and O–H groups in total. The number of fused-ring (bicyclic) bond motifs is 1. The first-order chi connectivity index (χ1) is 19.9. The summed E-state index contributed by atoms with van der Waals surface area (Å²) in [6, 6.07) is 8.05. The summed E-state index contributed by atoms with van der Waals surface area (Å²) < 4.78 is 40.2. The Hall–Kier alpha value is -3.42. The van der Waals surface area contributed by atoms with E-state index in [-0.39, 0.29) is 17.7 Å². The van der Waals surface area contributed by atoms with Gasteiger partial charge in [0.05, 0.1) is 24.2 Å². The van der Waals surface area contributed by atoms with E-state index in [4.69, 9.17) is 9.47 Å². The van der Waals surface area contributed by atoms with Crippen LogP contribution in [0.4, 0.5) is 20.5 Å². The summed E-state index contributed by atoms with van der Waals surface area (Å²) in [5.41, 5.74) is 0.967. The van der Waals surface area contributed by atoms with Crippen LogP contribution in [0.1, 0.15) is 32.0 Å². The van der Waals surface area contributed by atoms with Gasteiger partial charge in [-0.25, -0.2) is 13.8 Å². The Bertz CT molecular complexity index is 1310. The SMILES string of the molecule is COCCCCN1CCN(C(=O)[C@H](C)Nc2nc(N3CCOCC3)cc(-n3c(C(F)F)nc4ccccc43)n2)CC1. The Morgan fingerprint density at radius 1 is 1.02 bits per heavy atom. The predicted octanol–water partition coefficient (Wildman–Crippen LogP) is 2.96. The van der Waals surface area contributed by atoms with Crippen molar-refractivity contribution in [3.05, 3.63) is 36.2 Å². The van der Waals surface area contributed by atoms with E-state index in [0.29, 0.717) is 56.2 Å². The maximum atomic E-state index is 14.1. The van der Waals surface area contributed by atoms with E-state index in [1.165, 1.54) is 4.57 Å². The molecule has 2 aliphatic rings. The monoisotopic (exact) mass is 572 g/mol. The Morgan fingerprint density at radius 3 is 2.49 bits per heavy atom. The van der Waals surface area contributed by atoms with Crippen LogP contribution in [0.5, 0.6) is 0 Å². The van der Waals surface area contributed by atoms with Crippen LogP contribution < -0.4 is 10.2 Å². The van der Waals surface area contributed by atoms with E-state index in [2.05, 4.69) is 25.2 Å². The second kappa shape index (κ2) is 13.5. The molecule has 2 saturated heterocycles. The number of aromatic nitrogens is 4. The minimum Gasteiger partial charge on any atom is -0.385 e. The highest BCUT2D eigenvalue weighted by molar-refractivity contribution is 5.84. The average molecular weight is 573 g/mol. The zero-order valence-corrected chi connectivity index (χ0v) is 23.6. The summed E-state index contributed by atoms with van der Waals surface area (Å²) in [5.74, 6) is 0.579. The molecule has 0 spiro atoms. The van der Waals surface area contributed by atoms with Crippen molar-refractivity contribution in [2.24, 2.45) is 0 Å². The third-order valence-electron chi connectivity index (χ3n) is 7.52. The van der Waals surface area contributed by atoms with Gasteiger partial charge in [-0.2, -0.15) is 9.97 Å². The summed E-state index contributed by atoms with van der Waals surface area (Å²) in [4.78, 5) is 33.1. The van der Waals surface area contributed by atoms with Crippen LogP contribution in [0.2, 0.25) is 0 Å². The fourth-order valence-electron chi connectivity index (χ4n) is 5.29. The molecule has 2 aromatic heterocycles. The summed E-state index contributed by atoms with van der Waals surface area (Å²) >= 11 is 0. The van der Waals surface area contributed by atoms with Crippen LogP contribution in [0.25, 0.3) is 16.9 Å². The third-order valence-corrected chi connectivity index (χ3v) is 7.52. The van der Waals surface area contributed by atoms with Gasteiger partial charge in [-0.1, -0.05) is 12.1 Å². The Morgan fingerprint density at radius 2 is 1.76 bits per heavy atom. The number of nitrogens with one attached hydrogen (secondary N) is 1. The van der Waals surface area contributed by atoms with Gasteiger partial charge in [0.1, 0.15) is 17.7 Å². The number of methoxy groups -OCH3 is 1. The molecule has 4 heterocycles. The number of ether oxygens (including phenoxy) is 2. The lowest BCUT2D eigenvalue weighted by atomic mass is 10.2. The highest BCUT2D eigenvalue weighted by Gasteiger charge is 2.27.